The molecule has 2 heterocycles. The molecule has 0 saturated carbocycles. The van der Waals surface area contributed by atoms with Gasteiger partial charge in [0.25, 0.3) is 0 Å². The number of aromatic nitrogens is 3. The van der Waals surface area contributed by atoms with Crippen LogP contribution in [0.4, 0.5) is 0 Å². The highest BCUT2D eigenvalue weighted by Crippen LogP contribution is 2.04. The lowest BCUT2D eigenvalue weighted by molar-refractivity contribution is 0.0984. The molecule has 0 radical (unpaired) electrons. The van der Waals surface area contributed by atoms with Crippen molar-refractivity contribution in [2.75, 3.05) is 0 Å². The summed E-state index contributed by atoms with van der Waals surface area (Å²) in [7, 11) is 0. The monoisotopic (exact) mass is 175 g/mol. The number of hydrogen-bond acceptors (Lipinski definition) is 3. The average Bonchev–Trinajstić information content (AvgIpc) is 2.59. The quantitative estimate of drug-likeness (QED) is 0.647. The predicted molar refractivity (Wildman–Crippen MR) is 47.6 cm³/mol. The van der Waals surface area contributed by atoms with Crippen LogP contribution in [0.2, 0.25) is 0 Å². The second kappa shape index (κ2) is 2.97. The van der Waals surface area contributed by atoms with Gasteiger partial charge in [-0.05, 0) is 0 Å². The van der Waals surface area contributed by atoms with Gasteiger partial charge in [-0.15, -0.1) is 0 Å². The Bertz CT molecular complexity index is 414. The first-order chi connectivity index (χ1) is 6.31. The molecule has 2 aromatic heterocycles. The number of carbonyl (C=O) groups is 1. The molecule has 0 atom stereocenters. The molecule has 0 fully saturated rings. The molecular formula is C9H9N3O. The van der Waals surface area contributed by atoms with Crippen molar-refractivity contribution in [2.24, 2.45) is 0 Å². The van der Waals surface area contributed by atoms with E-state index in [9.17, 15) is 4.79 Å². The van der Waals surface area contributed by atoms with E-state index in [1.54, 1.807) is 29.2 Å². The third-order valence-electron chi connectivity index (χ3n) is 1.87. The Morgan fingerprint density at radius 1 is 1.62 bits per heavy atom. The van der Waals surface area contributed by atoms with Gasteiger partial charge in [0.05, 0.1) is 6.20 Å². The Hall–Kier alpha value is -1.71. The van der Waals surface area contributed by atoms with Crippen molar-refractivity contribution < 1.29 is 4.79 Å². The van der Waals surface area contributed by atoms with Crippen LogP contribution in [0.5, 0.6) is 0 Å². The van der Waals surface area contributed by atoms with Crippen LogP contribution < -0.4 is 0 Å². The molecule has 0 bridgehead atoms. The van der Waals surface area contributed by atoms with Gasteiger partial charge in [-0.25, -0.2) is 4.98 Å². The molecule has 13 heavy (non-hydrogen) atoms. The van der Waals surface area contributed by atoms with E-state index in [1.807, 2.05) is 6.92 Å². The summed E-state index contributed by atoms with van der Waals surface area (Å²) in [6.45, 7) is 1.82. The summed E-state index contributed by atoms with van der Waals surface area (Å²) < 4.78 is 1.79. The maximum atomic E-state index is 11.3. The number of Topliss-reactive ketones (excluding diaryl/α,β-unsaturated/α-hetero) is 1. The van der Waals surface area contributed by atoms with Gasteiger partial charge in [-0.3, -0.25) is 9.78 Å². The van der Waals surface area contributed by atoms with Crippen LogP contribution >= 0.6 is 0 Å². The molecule has 66 valence electrons. The zero-order valence-electron chi connectivity index (χ0n) is 7.27. The Balaban J connectivity index is 2.56. The molecule has 0 aromatic carbocycles. The number of ketones is 1. The summed E-state index contributed by atoms with van der Waals surface area (Å²) in [6.07, 6.45) is 7.27. The SMILES string of the molecule is CCC(=O)c1cn2ccncc2n1. The van der Waals surface area contributed by atoms with Crippen LogP contribution in [0.1, 0.15) is 23.8 Å². The summed E-state index contributed by atoms with van der Waals surface area (Å²) >= 11 is 0. The van der Waals surface area contributed by atoms with Gasteiger partial charge in [-0.2, -0.15) is 0 Å². The van der Waals surface area contributed by atoms with Gasteiger partial charge in [0.1, 0.15) is 5.69 Å². The number of rotatable bonds is 2. The van der Waals surface area contributed by atoms with Gasteiger partial charge < -0.3 is 4.40 Å². The molecule has 0 N–H and O–H groups in total. The summed E-state index contributed by atoms with van der Waals surface area (Å²) in [4.78, 5) is 19.3. The Labute approximate surface area is 75.2 Å². The maximum absolute atomic E-state index is 11.3. The van der Waals surface area contributed by atoms with Crippen LogP contribution in [0.15, 0.2) is 24.8 Å². The molecule has 4 heteroatoms. The van der Waals surface area contributed by atoms with Crippen LogP contribution in [-0.2, 0) is 0 Å². The van der Waals surface area contributed by atoms with E-state index in [0.29, 0.717) is 17.8 Å². The molecule has 0 aliphatic heterocycles. The smallest absolute Gasteiger partial charge is 0.182 e. The van der Waals surface area contributed by atoms with Crippen molar-refractivity contribution in [3.63, 3.8) is 0 Å². The maximum Gasteiger partial charge on any atom is 0.182 e. The number of nitrogens with zero attached hydrogens (tertiary/aromatic N) is 3. The van der Waals surface area contributed by atoms with Crippen LogP contribution in [0, 0.1) is 0 Å². The van der Waals surface area contributed by atoms with E-state index >= 15 is 0 Å². The third-order valence-corrected chi connectivity index (χ3v) is 1.87. The van der Waals surface area contributed by atoms with Crippen molar-refractivity contribution in [2.45, 2.75) is 13.3 Å². The Kier molecular flexibility index (Phi) is 1.81. The van der Waals surface area contributed by atoms with Crippen LogP contribution in [-0.4, -0.2) is 20.2 Å². The van der Waals surface area contributed by atoms with Gasteiger partial charge in [-0.1, -0.05) is 6.92 Å². The van der Waals surface area contributed by atoms with Gasteiger partial charge in [0.15, 0.2) is 11.4 Å². The largest absolute Gasteiger partial charge is 0.304 e. The van der Waals surface area contributed by atoms with E-state index in [4.69, 9.17) is 0 Å². The summed E-state index contributed by atoms with van der Waals surface area (Å²) in [5.74, 6) is 0.0590. The van der Waals surface area contributed by atoms with Crippen molar-refractivity contribution in [3.8, 4) is 0 Å². The third kappa shape index (κ3) is 1.30. The van der Waals surface area contributed by atoms with E-state index in [0.717, 1.165) is 0 Å². The number of carbonyl (C=O) groups excluding carboxylic acids is 1. The van der Waals surface area contributed by atoms with E-state index in [2.05, 4.69) is 9.97 Å². The minimum atomic E-state index is 0.0590. The highest BCUT2D eigenvalue weighted by molar-refractivity contribution is 5.94. The number of fused-ring (bicyclic) bond motifs is 1. The molecule has 0 unspecified atom stereocenters. The Morgan fingerprint density at radius 3 is 3.15 bits per heavy atom. The van der Waals surface area contributed by atoms with Crippen molar-refractivity contribution >= 4 is 11.4 Å². The zero-order chi connectivity index (χ0) is 9.26. The van der Waals surface area contributed by atoms with Gasteiger partial charge in [0, 0.05) is 25.0 Å². The van der Waals surface area contributed by atoms with Crippen LogP contribution in [0.3, 0.4) is 0 Å². The fraction of sp³-hybridized carbons (Fsp3) is 0.222. The second-order valence-electron chi connectivity index (χ2n) is 2.74. The lowest BCUT2D eigenvalue weighted by Crippen LogP contribution is -1.95. The molecule has 0 spiro atoms. The molecule has 0 saturated heterocycles. The summed E-state index contributed by atoms with van der Waals surface area (Å²) in [6, 6.07) is 0. The fourth-order valence-electron chi connectivity index (χ4n) is 1.16. The molecule has 2 rings (SSSR count). The molecule has 2 aromatic rings. The highest BCUT2D eigenvalue weighted by Gasteiger charge is 2.07. The first-order valence-electron chi connectivity index (χ1n) is 4.13. The van der Waals surface area contributed by atoms with Crippen molar-refractivity contribution in [1.82, 2.24) is 14.4 Å². The van der Waals surface area contributed by atoms with Gasteiger partial charge >= 0.3 is 0 Å². The normalized spacial score (nSPS) is 10.5. The van der Waals surface area contributed by atoms with E-state index < -0.39 is 0 Å². The average molecular weight is 175 g/mol. The fourth-order valence-corrected chi connectivity index (χ4v) is 1.16. The Morgan fingerprint density at radius 2 is 2.46 bits per heavy atom. The highest BCUT2D eigenvalue weighted by atomic mass is 16.1. The van der Waals surface area contributed by atoms with E-state index in [1.165, 1.54) is 0 Å². The lowest BCUT2D eigenvalue weighted by atomic mass is 10.2. The predicted octanol–water partition coefficient (Wildman–Crippen LogP) is 1.32. The standard InChI is InChI=1S/C9H9N3O/c1-2-8(13)7-6-12-4-3-10-5-9(12)11-7/h3-6H,2H2,1H3. The van der Waals surface area contributed by atoms with Crippen LogP contribution in [0.25, 0.3) is 5.65 Å². The second-order valence-corrected chi connectivity index (χ2v) is 2.74. The molecule has 0 aliphatic carbocycles. The summed E-state index contributed by atoms with van der Waals surface area (Å²) in [5.41, 5.74) is 1.22. The molecular weight excluding hydrogens is 166 g/mol. The lowest BCUT2D eigenvalue weighted by Gasteiger charge is -1.86. The van der Waals surface area contributed by atoms with Crippen molar-refractivity contribution in [3.05, 3.63) is 30.5 Å². The molecule has 4 nitrogen and oxygen atoms in total. The zero-order valence-corrected chi connectivity index (χ0v) is 7.27. The first kappa shape index (κ1) is 7.91. The number of imidazole rings is 1. The molecule has 0 amide bonds. The summed E-state index contributed by atoms with van der Waals surface area (Å²) in [5, 5.41) is 0. The van der Waals surface area contributed by atoms with Gasteiger partial charge in [0.2, 0.25) is 0 Å². The minimum absolute atomic E-state index is 0.0590. The first-order valence-corrected chi connectivity index (χ1v) is 4.13. The topological polar surface area (TPSA) is 47.3 Å². The van der Waals surface area contributed by atoms with Crippen molar-refractivity contribution in [1.29, 1.82) is 0 Å². The molecule has 0 aliphatic rings. The van der Waals surface area contributed by atoms with E-state index in [-0.39, 0.29) is 5.78 Å². The minimum Gasteiger partial charge on any atom is -0.304 e. The number of hydrogen-bond donors (Lipinski definition) is 0.